The number of nitrogens with one attached hydrogen (secondary N) is 1. The van der Waals surface area contributed by atoms with Crippen molar-refractivity contribution >= 4 is 5.91 Å². The average molecular weight is 402 g/mol. The van der Waals surface area contributed by atoms with Crippen LogP contribution in [0.4, 0.5) is 0 Å². The van der Waals surface area contributed by atoms with Crippen molar-refractivity contribution in [3.63, 3.8) is 0 Å². The summed E-state index contributed by atoms with van der Waals surface area (Å²) in [6, 6.07) is 15.4. The topological polar surface area (TPSA) is 29.1 Å². The summed E-state index contributed by atoms with van der Waals surface area (Å²) in [6.45, 7) is 4.14. The van der Waals surface area contributed by atoms with Crippen LogP contribution >= 0.6 is 0 Å². The van der Waals surface area contributed by atoms with Crippen LogP contribution in [-0.2, 0) is 6.42 Å². The van der Waals surface area contributed by atoms with Gasteiger partial charge in [0.15, 0.2) is 0 Å². The Balaban J connectivity index is 1.37. The first-order chi connectivity index (χ1) is 14.6. The van der Waals surface area contributed by atoms with E-state index >= 15 is 0 Å². The lowest BCUT2D eigenvalue weighted by Gasteiger charge is -2.32. The molecule has 3 fully saturated rings. The quantitative estimate of drug-likeness (QED) is 0.560. The van der Waals surface area contributed by atoms with Crippen LogP contribution in [0.2, 0.25) is 0 Å². The molecule has 158 valence electrons. The lowest BCUT2D eigenvalue weighted by atomic mass is 9.80. The largest absolute Gasteiger partial charge is 0.345 e. The van der Waals surface area contributed by atoms with Gasteiger partial charge in [-0.2, -0.15) is 0 Å². The van der Waals surface area contributed by atoms with Gasteiger partial charge in [0, 0.05) is 5.56 Å². The van der Waals surface area contributed by atoms with Gasteiger partial charge in [0.05, 0.1) is 6.04 Å². The summed E-state index contributed by atoms with van der Waals surface area (Å²) in [5.41, 5.74) is 5.83. The maximum absolute atomic E-state index is 13.3. The van der Waals surface area contributed by atoms with Gasteiger partial charge in [-0.15, -0.1) is 0 Å². The summed E-state index contributed by atoms with van der Waals surface area (Å²) in [4.78, 5) is 13.3. The SMILES string of the molecule is Cc1cccc(C(=O)N[C@@H](c2ccc(CCC3CC3)cc2)C2C[C@@H]3CC[C@H]2C3)c1C. The molecule has 0 heterocycles. The number of carbonyl (C=O) groups excluding carboxylic acids is 1. The fourth-order valence-corrected chi connectivity index (χ4v) is 6.02. The predicted octanol–water partition coefficient (Wildman–Crippen LogP) is 6.55. The molecule has 3 aliphatic carbocycles. The van der Waals surface area contributed by atoms with Crippen molar-refractivity contribution in [1.82, 2.24) is 5.32 Å². The molecule has 4 atom stereocenters. The van der Waals surface area contributed by atoms with Crippen molar-refractivity contribution in [3.05, 3.63) is 70.3 Å². The van der Waals surface area contributed by atoms with E-state index in [1.54, 1.807) is 0 Å². The summed E-state index contributed by atoms with van der Waals surface area (Å²) >= 11 is 0. The van der Waals surface area contributed by atoms with Gasteiger partial charge in [0.25, 0.3) is 5.91 Å². The number of benzene rings is 2. The summed E-state index contributed by atoms with van der Waals surface area (Å²) in [7, 11) is 0. The van der Waals surface area contributed by atoms with E-state index in [1.807, 2.05) is 12.1 Å². The van der Waals surface area contributed by atoms with Crippen LogP contribution in [0.5, 0.6) is 0 Å². The van der Waals surface area contributed by atoms with E-state index in [2.05, 4.69) is 49.5 Å². The highest BCUT2D eigenvalue weighted by molar-refractivity contribution is 5.96. The van der Waals surface area contributed by atoms with Crippen LogP contribution in [0, 0.1) is 37.5 Å². The molecule has 2 nitrogen and oxygen atoms in total. The van der Waals surface area contributed by atoms with Gasteiger partial charge in [0.1, 0.15) is 0 Å². The third kappa shape index (κ3) is 4.06. The average Bonchev–Trinajstić information content (AvgIpc) is 3.35. The molecule has 1 amide bonds. The predicted molar refractivity (Wildman–Crippen MR) is 123 cm³/mol. The molecular formula is C28H35NO. The number of aryl methyl sites for hydroxylation is 2. The molecule has 1 unspecified atom stereocenters. The molecule has 30 heavy (non-hydrogen) atoms. The molecule has 5 rings (SSSR count). The van der Waals surface area contributed by atoms with E-state index in [9.17, 15) is 4.79 Å². The van der Waals surface area contributed by atoms with E-state index in [4.69, 9.17) is 0 Å². The normalized spacial score (nSPS) is 26.0. The Morgan fingerprint density at radius 1 is 1.00 bits per heavy atom. The molecule has 0 aromatic heterocycles. The molecule has 3 saturated carbocycles. The smallest absolute Gasteiger partial charge is 0.252 e. The summed E-state index contributed by atoms with van der Waals surface area (Å²) in [5.74, 6) is 3.28. The van der Waals surface area contributed by atoms with Gasteiger partial charge in [-0.3, -0.25) is 4.79 Å². The zero-order valence-corrected chi connectivity index (χ0v) is 18.5. The highest BCUT2D eigenvalue weighted by Gasteiger charge is 2.44. The number of rotatable bonds is 7. The number of amides is 1. The van der Waals surface area contributed by atoms with Crippen molar-refractivity contribution in [3.8, 4) is 0 Å². The molecule has 2 bridgehead atoms. The molecule has 0 aliphatic heterocycles. The second-order valence-electron chi connectivity index (χ2n) is 10.3. The Hall–Kier alpha value is -2.09. The lowest BCUT2D eigenvalue weighted by Crippen LogP contribution is -2.36. The number of hydrogen-bond acceptors (Lipinski definition) is 1. The fourth-order valence-electron chi connectivity index (χ4n) is 6.02. The van der Waals surface area contributed by atoms with Crippen molar-refractivity contribution in [2.75, 3.05) is 0 Å². The maximum Gasteiger partial charge on any atom is 0.252 e. The van der Waals surface area contributed by atoms with Crippen molar-refractivity contribution in [2.45, 2.75) is 71.3 Å². The minimum atomic E-state index is 0.0850. The molecule has 0 spiro atoms. The van der Waals surface area contributed by atoms with Crippen LogP contribution < -0.4 is 5.32 Å². The summed E-state index contributed by atoms with van der Waals surface area (Å²) in [6.07, 6.45) is 10.7. The van der Waals surface area contributed by atoms with Crippen LogP contribution in [0.3, 0.4) is 0 Å². The highest BCUT2D eigenvalue weighted by Crippen LogP contribution is 2.52. The van der Waals surface area contributed by atoms with Crippen molar-refractivity contribution in [1.29, 1.82) is 0 Å². The zero-order chi connectivity index (χ0) is 20.7. The first-order valence-corrected chi connectivity index (χ1v) is 12.0. The molecule has 0 radical (unpaired) electrons. The molecule has 2 heteroatoms. The molecule has 2 aromatic rings. The van der Waals surface area contributed by atoms with Gasteiger partial charge in [0.2, 0.25) is 0 Å². The van der Waals surface area contributed by atoms with Gasteiger partial charge in [-0.1, -0.05) is 55.7 Å². The molecule has 3 aliphatic rings. The first kappa shape index (κ1) is 19.8. The Morgan fingerprint density at radius 2 is 1.80 bits per heavy atom. The van der Waals surface area contributed by atoms with E-state index in [0.717, 1.165) is 28.9 Å². The van der Waals surface area contributed by atoms with E-state index in [-0.39, 0.29) is 11.9 Å². The maximum atomic E-state index is 13.3. The second-order valence-corrected chi connectivity index (χ2v) is 10.3. The first-order valence-electron chi connectivity index (χ1n) is 12.0. The Labute approximate surface area is 181 Å². The van der Waals surface area contributed by atoms with Gasteiger partial charge < -0.3 is 5.32 Å². The number of hydrogen-bond donors (Lipinski definition) is 1. The Morgan fingerprint density at radius 3 is 2.47 bits per heavy atom. The van der Waals surface area contributed by atoms with Crippen LogP contribution in [-0.4, -0.2) is 5.91 Å². The number of carbonyl (C=O) groups is 1. The lowest BCUT2D eigenvalue weighted by molar-refractivity contribution is 0.0907. The van der Waals surface area contributed by atoms with Crippen LogP contribution in [0.15, 0.2) is 42.5 Å². The van der Waals surface area contributed by atoms with Gasteiger partial charge in [-0.05, 0) is 97.9 Å². The Bertz CT molecular complexity index is 911. The molecular weight excluding hydrogens is 366 g/mol. The molecule has 1 N–H and O–H groups in total. The van der Waals surface area contributed by atoms with E-state index in [0.29, 0.717) is 5.92 Å². The van der Waals surface area contributed by atoms with Crippen molar-refractivity contribution in [2.24, 2.45) is 23.7 Å². The second kappa shape index (κ2) is 8.21. The third-order valence-electron chi connectivity index (χ3n) is 8.23. The standard InChI is InChI=1S/C28H35NO/c1-18-4-3-5-25(19(18)2)28(30)29-27(26-17-22-12-15-24(26)16-22)23-13-10-21(11-14-23)9-8-20-6-7-20/h3-5,10-11,13-14,20,22,24,26-27H,6-9,12,15-17H2,1-2H3,(H,29,30)/t22-,24+,26?,27+/m1/s1. The summed E-state index contributed by atoms with van der Waals surface area (Å²) < 4.78 is 0. The van der Waals surface area contributed by atoms with Crippen LogP contribution in [0.25, 0.3) is 0 Å². The minimum absolute atomic E-state index is 0.0850. The zero-order valence-electron chi connectivity index (χ0n) is 18.5. The molecule has 2 aromatic carbocycles. The minimum Gasteiger partial charge on any atom is -0.345 e. The van der Waals surface area contributed by atoms with Crippen LogP contribution in [0.1, 0.15) is 83.6 Å². The number of fused-ring (bicyclic) bond motifs is 2. The third-order valence-corrected chi connectivity index (χ3v) is 8.23. The van der Waals surface area contributed by atoms with Crippen molar-refractivity contribution < 1.29 is 4.79 Å². The fraction of sp³-hybridized carbons (Fsp3) is 0.536. The summed E-state index contributed by atoms with van der Waals surface area (Å²) in [5, 5.41) is 3.49. The Kier molecular flexibility index (Phi) is 5.43. The van der Waals surface area contributed by atoms with Gasteiger partial charge >= 0.3 is 0 Å². The van der Waals surface area contributed by atoms with E-state index in [1.165, 1.54) is 68.1 Å². The molecule has 0 saturated heterocycles. The van der Waals surface area contributed by atoms with E-state index < -0.39 is 0 Å². The van der Waals surface area contributed by atoms with Gasteiger partial charge in [-0.25, -0.2) is 0 Å². The highest BCUT2D eigenvalue weighted by atomic mass is 16.1. The monoisotopic (exact) mass is 401 g/mol.